The lowest BCUT2D eigenvalue weighted by atomic mass is 10.0. The van der Waals surface area contributed by atoms with E-state index in [0.29, 0.717) is 35.8 Å². The summed E-state index contributed by atoms with van der Waals surface area (Å²) in [4.78, 5) is 14.9. The van der Waals surface area contributed by atoms with Gasteiger partial charge in [-0.2, -0.15) is 0 Å². The van der Waals surface area contributed by atoms with Crippen LogP contribution in [0.5, 0.6) is 17.2 Å². The molecule has 0 unspecified atom stereocenters. The van der Waals surface area contributed by atoms with Gasteiger partial charge in [0.1, 0.15) is 22.8 Å². The summed E-state index contributed by atoms with van der Waals surface area (Å²) < 4.78 is 15.9. The van der Waals surface area contributed by atoms with Gasteiger partial charge in [-0.15, -0.1) is 0 Å². The van der Waals surface area contributed by atoms with Gasteiger partial charge in [-0.3, -0.25) is 4.79 Å². The summed E-state index contributed by atoms with van der Waals surface area (Å²) in [6.07, 6.45) is 2.79. The van der Waals surface area contributed by atoms with Gasteiger partial charge in [0.2, 0.25) is 0 Å². The largest absolute Gasteiger partial charge is 0.496 e. The standard InChI is InChI=1S/C18H27NO5/c1-22-14-10-16(23-2)18(17(11-14)24-3)15(21)7-5-9-19-8-4-6-13(20)12-19/h10-11,13,20H,4-9,12H2,1-3H3/t13-/m0/s1. The van der Waals surface area contributed by atoms with Crippen molar-refractivity contribution in [1.29, 1.82) is 0 Å². The zero-order valence-corrected chi connectivity index (χ0v) is 14.7. The Balaban J connectivity index is 2.00. The number of methoxy groups -OCH3 is 3. The Morgan fingerprint density at radius 2 is 1.88 bits per heavy atom. The van der Waals surface area contributed by atoms with E-state index in [1.54, 1.807) is 19.2 Å². The van der Waals surface area contributed by atoms with E-state index in [-0.39, 0.29) is 11.9 Å². The molecule has 1 N–H and O–H groups in total. The van der Waals surface area contributed by atoms with Gasteiger partial charge in [-0.25, -0.2) is 0 Å². The second-order valence-corrected chi connectivity index (χ2v) is 6.03. The van der Waals surface area contributed by atoms with Crippen LogP contribution < -0.4 is 14.2 Å². The highest BCUT2D eigenvalue weighted by molar-refractivity contribution is 6.01. The van der Waals surface area contributed by atoms with Crippen molar-refractivity contribution in [2.24, 2.45) is 0 Å². The minimum absolute atomic E-state index is 0.0103. The Morgan fingerprint density at radius 1 is 1.21 bits per heavy atom. The topological polar surface area (TPSA) is 68.2 Å². The number of β-amino-alcohol motifs (C(OH)–C–C–N with tert-alkyl or cyclic N) is 1. The molecule has 2 rings (SSSR count). The third-order valence-electron chi connectivity index (χ3n) is 4.35. The van der Waals surface area contributed by atoms with Crippen LogP contribution in [0.4, 0.5) is 0 Å². The number of hydrogen-bond donors (Lipinski definition) is 1. The van der Waals surface area contributed by atoms with E-state index < -0.39 is 0 Å². The van der Waals surface area contributed by atoms with Crippen molar-refractivity contribution in [3.8, 4) is 17.2 Å². The number of aliphatic hydroxyl groups excluding tert-OH is 1. The van der Waals surface area contributed by atoms with Gasteiger partial charge in [0, 0.05) is 25.1 Å². The molecule has 134 valence electrons. The molecule has 0 spiro atoms. The third kappa shape index (κ3) is 4.61. The molecule has 0 aromatic heterocycles. The first-order valence-corrected chi connectivity index (χ1v) is 8.32. The summed E-state index contributed by atoms with van der Waals surface area (Å²) in [7, 11) is 4.61. The summed E-state index contributed by atoms with van der Waals surface area (Å²) in [5.41, 5.74) is 0.458. The van der Waals surface area contributed by atoms with Crippen molar-refractivity contribution in [3.63, 3.8) is 0 Å². The highest BCUT2D eigenvalue weighted by atomic mass is 16.5. The molecule has 6 nitrogen and oxygen atoms in total. The van der Waals surface area contributed by atoms with Crippen LogP contribution in [0, 0.1) is 0 Å². The van der Waals surface area contributed by atoms with Crippen LogP contribution in [-0.4, -0.2) is 62.9 Å². The van der Waals surface area contributed by atoms with E-state index in [1.165, 1.54) is 14.2 Å². The van der Waals surface area contributed by atoms with Gasteiger partial charge < -0.3 is 24.2 Å². The zero-order chi connectivity index (χ0) is 17.5. The highest BCUT2D eigenvalue weighted by Gasteiger charge is 2.21. The molecule has 0 aliphatic carbocycles. The SMILES string of the molecule is COc1cc(OC)c(C(=O)CCCN2CCC[C@H](O)C2)c(OC)c1. The van der Waals surface area contributed by atoms with Crippen molar-refractivity contribution < 1.29 is 24.1 Å². The number of rotatable bonds is 8. The van der Waals surface area contributed by atoms with Crippen molar-refractivity contribution in [2.45, 2.75) is 31.8 Å². The molecule has 0 amide bonds. The Kier molecular flexibility index (Phi) is 6.87. The van der Waals surface area contributed by atoms with Crippen molar-refractivity contribution >= 4 is 5.78 Å². The Hall–Kier alpha value is -1.79. The fourth-order valence-corrected chi connectivity index (χ4v) is 3.10. The number of benzene rings is 1. The molecule has 24 heavy (non-hydrogen) atoms. The molecule has 1 fully saturated rings. The summed E-state index contributed by atoms with van der Waals surface area (Å²) in [5.74, 6) is 1.50. The van der Waals surface area contributed by atoms with E-state index >= 15 is 0 Å². The second-order valence-electron chi connectivity index (χ2n) is 6.03. The minimum Gasteiger partial charge on any atom is -0.496 e. The van der Waals surface area contributed by atoms with Gasteiger partial charge in [-0.1, -0.05) is 0 Å². The maximum atomic E-state index is 12.6. The number of likely N-dealkylation sites (tertiary alicyclic amines) is 1. The average Bonchev–Trinajstić information content (AvgIpc) is 2.60. The van der Waals surface area contributed by atoms with Crippen molar-refractivity contribution in [1.82, 2.24) is 4.90 Å². The molecule has 1 aromatic rings. The molecular weight excluding hydrogens is 310 g/mol. The van der Waals surface area contributed by atoms with Crippen LogP contribution in [0.25, 0.3) is 0 Å². The van der Waals surface area contributed by atoms with Gasteiger partial charge in [0.05, 0.1) is 27.4 Å². The fourth-order valence-electron chi connectivity index (χ4n) is 3.10. The van der Waals surface area contributed by atoms with Gasteiger partial charge >= 0.3 is 0 Å². The number of carbonyl (C=O) groups excluding carboxylic acids is 1. The van der Waals surface area contributed by atoms with Crippen molar-refractivity contribution in [3.05, 3.63) is 17.7 Å². The van der Waals surface area contributed by atoms with Crippen LogP contribution in [0.15, 0.2) is 12.1 Å². The van der Waals surface area contributed by atoms with Crippen LogP contribution in [0.3, 0.4) is 0 Å². The molecule has 6 heteroatoms. The fraction of sp³-hybridized carbons (Fsp3) is 0.611. The number of aliphatic hydroxyl groups is 1. The average molecular weight is 337 g/mol. The van der Waals surface area contributed by atoms with Crippen LogP contribution >= 0.6 is 0 Å². The molecule has 1 heterocycles. The quantitative estimate of drug-likeness (QED) is 0.733. The summed E-state index contributed by atoms with van der Waals surface area (Å²) in [6.45, 7) is 2.49. The number of hydrogen-bond acceptors (Lipinski definition) is 6. The molecule has 1 aliphatic heterocycles. The molecule has 0 bridgehead atoms. The van der Waals surface area contributed by atoms with Crippen LogP contribution in [-0.2, 0) is 0 Å². The first-order chi connectivity index (χ1) is 11.6. The number of ether oxygens (including phenoxy) is 3. The number of carbonyl (C=O) groups is 1. The number of Topliss-reactive ketones (excluding diaryl/α,β-unsaturated/α-hetero) is 1. The predicted molar refractivity (Wildman–Crippen MR) is 91.3 cm³/mol. The third-order valence-corrected chi connectivity index (χ3v) is 4.35. The highest BCUT2D eigenvalue weighted by Crippen LogP contribution is 2.35. The van der Waals surface area contributed by atoms with E-state index in [2.05, 4.69) is 4.90 Å². The Bertz CT molecular complexity index is 535. The Labute approximate surface area is 143 Å². The van der Waals surface area contributed by atoms with Crippen LogP contribution in [0.2, 0.25) is 0 Å². The summed E-state index contributed by atoms with van der Waals surface area (Å²) in [5, 5.41) is 9.70. The van der Waals surface area contributed by atoms with E-state index in [1.807, 2.05) is 0 Å². The zero-order valence-electron chi connectivity index (χ0n) is 14.7. The van der Waals surface area contributed by atoms with E-state index in [0.717, 1.165) is 32.4 Å². The molecule has 0 saturated carbocycles. The van der Waals surface area contributed by atoms with Gasteiger partial charge in [0.25, 0.3) is 0 Å². The monoisotopic (exact) mass is 337 g/mol. The normalized spacial score (nSPS) is 18.2. The summed E-state index contributed by atoms with van der Waals surface area (Å²) in [6, 6.07) is 3.38. The molecule has 1 saturated heterocycles. The first kappa shape index (κ1) is 18.5. The second kappa shape index (κ2) is 8.89. The lowest BCUT2D eigenvalue weighted by molar-refractivity contribution is 0.0692. The minimum atomic E-state index is -0.240. The van der Waals surface area contributed by atoms with E-state index in [4.69, 9.17) is 14.2 Å². The smallest absolute Gasteiger partial charge is 0.170 e. The first-order valence-electron chi connectivity index (χ1n) is 8.32. The van der Waals surface area contributed by atoms with Gasteiger partial charge in [0.15, 0.2) is 5.78 Å². The number of ketones is 1. The summed E-state index contributed by atoms with van der Waals surface area (Å²) >= 11 is 0. The maximum absolute atomic E-state index is 12.6. The van der Waals surface area contributed by atoms with Crippen molar-refractivity contribution in [2.75, 3.05) is 41.0 Å². The lowest BCUT2D eigenvalue weighted by Gasteiger charge is -2.29. The number of piperidine rings is 1. The molecular formula is C18H27NO5. The maximum Gasteiger partial charge on any atom is 0.170 e. The molecule has 0 radical (unpaired) electrons. The predicted octanol–water partition coefficient (Wildman–Crippen LogP) is 2.13. The van der Waals surface area contributed by atoms with Crippen LogP contribution in [0.1, 0.15) is 36.0 Å². The number of nitrogens with zero attached hydrogens (tertiary/aromatic N) is 1. The molecule has 1 aromatic carbocycles. The van der Waals surface area contributed by atoms with E-state index in [9.17, 15) is 9.90 Å². The van der Waals surface area contributed by atoms with Gasteiger partial charge in [-0.05, 0) is 32.4 Å². The molecule has 1 atom stereocenters. The Morgan fingerprint density at radius 3 is 2.42 bits per heavy atom. The molecule has 1 aliphatic rings. The lowest BCUT2D eigenvalue weighted by Crippen LogP contribution is -2.38.